The van der Waals surface area contributed by atoms with Crippen LogP contribution in [0.5, 0.6) is 0 Å². The Hall–Kier alpha value is -1.55. The molecule has 23 heavy (non-hydrogen) atoms. The van der Waals surface area contributed by atoms with E-state index in [2.05, 4.69) is 5.32 Å². The van der Waals surface area contributed by atoms with Crippen molar-refractivity contribution in [3.8, 4) is 0 Å². The molecule has 0 aliphatic carbocycles. The predicted molar refractivity (Wildman–Crippen MR) is 82.4 cm³/mol. The Kier molecular flexibility index (Phi) is 4.94. The molecule has 10 heteroatoms. The van der Waals surface area contributed by atoms with Crippen LogP contribution in [0.4, 0.5) is 25.1 Å². The molecule has 0 aromatic heterocycles. The molecule has 0 heterocycles. The van der Waals surface area contributed by atoms with Crippen molar-refractivity contribution in [3.63, 3.8) is 0 Å². The Labute approximate surface area is 131 Å². The summed E-state index contributed by atoms with van der Waals surface area (Å²) < 4.78 is 64.1. The Morgan fingerprint density at radius 3 is 2.17 bits per heavy atom. The first-order valence-corrected chi connectivity index (χ1v) is 8.87. The van der Waals surface area contributed by atoms with Crippen LogP contribution in [0.2, 0.25) is 0 Å². The second-order valence-corrected chi connectivity index (χ2v) is 7.45. The average Bonchev–Trinajstić information content (AvgIpc) is 2.40. The number of anilines is 1. The van der Waals surface area contributed by atoms with Crippen LogP contribution in [0.15, 0.2) is 23.1 Å². The minimum atomic E-state index is -9.88. The normalized spacial score (nSPS) is 15.1. The highest BCUT2D eigenvalue weighted by molar-refractivity contribution is 8.45. The number of nitrogens with two attached hydrogens (primary N) is 1. The Bertz CT molecular complexity index is 587. The number of carbonyl (C=O) groups is 1. The van der Waals surface area contributed by atoms with E-state index in [1.807, 2.05) is 18.7 Å². The predicted octanol–water partition coefficient (Wildman–Crippen LogP) is 4.00. The summed E-state index contributed by atoms with van der Waals surface area (Å²) in [5, 5.41) is 2.39. The van der Waals surface area contributed by atoms with Crippen molar-refractivity contribution in [1.82, 2.24) is 10.2 Å². The molecular formula is C13H20F5N3OS. The molecule has 0 aliphatic heterocycles. The lowest BCUT2D eigenvalue weighted by Crippen LogP contribution is -2.34. The second kappa shape index (κ2) is 5.82. The zero-order chi connectivity index (χ0) is 18.0. The maximum absolute atomic E-state index is 12.8. The quantitative estimate of drug-likeness (QED) is 0.570. The standard InChI is InChI=1S/C13H20F5N3OS/c1-3-21(4-2)6-5-20-13(22)10-7-11(19)9-12(8-10)23(14,15,16,17)18/h7-9H,3-6,19H2,1-2H3,(H,20,22). The summed E-state index contributed by atoms with van der Waals surface area (Å²) in [5.41, 5.74) is 4.13. The fraction of sp³-hybridized carbons (Fsp3) is 0.462. The third-order valence-electron chi connectivity index (χ3n) is 3.24. The van der Waals surface area contributed by atoms with Gasteiger partial charge in [0.2, 0.25) is 0 Å². The molecule has 0 radical (unpaired) electrons. The number of amides is 1. The summed E-state index contributed by atoms with van der Waals surface area (Å²) in [6.45, 7) is 6.02. The molecule has 1 amide bonds. The lowest BCUT2D eigenvalue weighted by atomic mass is 10.2. The average molecular weight is 361 g/mol. The number of hydrogen-bond acceptors (Lipinski definition) is 3. The number of hydrogen-bond donors (Lipinski definition) is 2. The van der Waals surface area contributed by atoms with Gasteiger partial charge in [-0.15, -0.1) is 0 Å². The van der Waals surface area contributed by atoms with Gasteiger partial charge in [-0.25, -0.2) is 0 Å². The van der Waals surface area contributed by atoms with Crippen molar-refractivity contribution in [2.75, 3.05) is 31.9 Å². The SMILES string of the molecule is CCN(CC)CCNC(=O)c1cc(N)cc(S(F)(F)(F)(F)F)c1. The molecule has 0 fully saturated rings. The zero-order valence-corrected chi connectivity index (χ0v) is 13.6. The molecule has 134 valence electrons. The Balaban J connectivity index is 2.94. The molecular weight excluding hydrogens is 341 g/mol. The van der Waals surface area contributed by atoms with Crippen LogP contribution in [-0.2, 0) is 0 Å². The van der Waals surface area contributed by atoms with Crippen LogP contribution in [0.25, 0.3) is 0 Å². The molecule has 1 aromatic carbocycles. The number of likely N-dealkylation sites (N-methyl/N-ethyl adjacent to an activating group) is 1. The van der Waals surface area contributed by atoms with Crippen molar-refractivity contribution in [2.45, 2.75) is 18.7 Å². The molecule has 1 aromatic rings. The van der Waals surface area contributed by atoms with Crippen LogP contribution in [0.3, 0.4) is 0 Å². The van der Waals surface area contributed by atoms with Gasteiger partial charge < -0.3 is 16.0 Å². The largest absolute Gasteiger partial charge is 0.399 e. The number of carbonyl (C=O) groups excluding carboxylic acids is 1. The van der Waals surface area contributed by atoms with Gasteiger partial charge in [-0.3, -0.25) is 4.79 Å². The lowest BCUT2D eigenvalue weighted by Gasteiger charge is -2.40. The van der Waals surface area contributed by atoms with Crippen LogP contribution >= 0.6 is 10.2 Å². The molecule has 0 spiro atoms. The minimum Gasteiger partial charge on any atom is -0.399 e. The molecule has 0 saturated heterocycles. The van der Waals surface area contributed by atoms with Crippen LogP contribution in [0.1, 0.15) is 24.2 Å². The number of benzene rings is 1. The zero-order valence-electron chi connectivity index (χ0n) is 12.8. The Morgan fingerprint density at radius 1 is 1.13 bits per heavy atom. The third kappa shape index (κ3) is 5.87. The number of nitrogens with one attached hydrogen (secondary N) is 1. The van der Waals surface area contributed by atoms with E-state index in [1.54, 1.807) is 0 Å². The van der Waals surface area contributed by atoms with Crippen LogP contribution in [0, 0.1) is 0 Å². The first-order valence-electron chi connectivity index (χ1n) is 6.92. The molecule has 0 bridgehead atoms. The van der Waals surface area contributed by atoms with Gasteiger partial charge in [0.1, 0.15) is 4.90 Å². The van der Waals surface area contributed by atoms with E-state index in [0.29, 0.717) is 6.54 Å². The highest BCUT2D eigenvalue weighted by atomic mass is 32.5. The smallest absolute Gasteiger partial charge is 0.310 e. The van der Waals surface area contributed by atoms with Gasteiger partial charge in [-0.05, 0) is 31.3 Å². The maximum atomic E-state index is 12.8. The molecule has 3 N–H and O–H groups in total. The summed E-state index contributed by atoms with van der Waals surface area (Å²) in [5.74, 6) is -0.882. The van der Waals surface area contributed by atoms with Gasteiger partial charge in [0.25, 0.3) is 5.91 Å². The highest BCUT2D eigenvalue weighted by Crippen LogP contribution is 3.02. The van der Waals surface area contributed by atoms with Gasteiger partial charge in [0, 0.05) is 24.3 Å². The number of nitrogens with zero attached hydrogens (tertiary/aromatic N) is 1. The molecule has 0 saturated carbocycles. The van der Waals surface area contributed by atoms with Crippen LogP contribution in [-0.4, -0.2) is 37.0 Å². The van der Waals surface area contributed by atoms with E-state index >= 15 is 0 Å². The van der Waals surface area contributed by atoms with E-state index in [0.717, 1.165) is 19.2 Å². The number of nitrogen functional groups attached to an aromatic ring is 1. The van der Waals surface area contributed by atoms with E-state index in [-0.39, 0.29) is 18.7 Å². The summed E-state index contributed by atoms with van der Waals surface area (Å²) in [4.78, 5) is 11.7. The lowest BCUT2D eigenvalue weighted by molar-refractivity contribution is 0.0948. The summed E-state index contributed by atoms with van der Waals surface area (Å²) >= 11 is 0. The van der Waals surface area contributed by atoms with Crippen molar-refractivity contribution in [2.24, 2.45) is 0 Å². The van der Waals surface area contributed by atoms with E-state index in [4.69, 9.17) is 5.73 Å². The van der Waals surface area contributed by atoms with Gasteiger partial charge >= 0.3 is 10.2 Å². The number of halogens is 5. The maximum Gasteiger partial charge on any atom is 0.310 e. The molecule has 0 aliphatic rings. The fourth-order valence-corrected chi connectivity index (χ4v) is 2.65. The van der Waals surface area contributed by atoms with Crippen molar-refractivity contribution >= 4 is 21.8 Å². The first kappa shape index (κ1) is 19.5. The summed E-state index contributed by atoms with van der Waals surface area (Å²) in [7, 11) is -9.88. The summed E-state index contributed by atoms with van der Waals surface area (Å²) in [6.07, 6.45) is 0. The van der Waals surface area contributed by atoms with Gasteiger partial charge in [0.15, 0.2) is 0 Å². The van der Waals surface area contributed by atoms with E-state index in [1.165, 1.54) is 0 Å². The van der Waals surface area contributed by atoms with Crippen molar-refractivity contribution in [3.05, 3.63) is 23.8 Å². The van der Waals surface area contributed by atoms with Gasteiger partial charge in [-0.1, -0.05) is 33.3 Å². The monoisotopic (exact) mass is 361 g/mol. The van der Waals surface area contributed by atoms with Gasteiger partial charge in [0.05, 0.1) is 0 Å². The highest BCUT2D eigenvalue weighted by Gasteiger charge is 2.65. The molecule has 0 atom stereocenters. The number of rotatable bonds is 7. The third-order valence-corrected chi connectivity index (χ3v) is 4.37. The first-order chi connectivity index (χ1) is 10.3. The van der Waals surface area contributed by atoms with Crippen molar-refractivity contribution in [1.29, 1.82) is 0 Å². The summed E-state index contributed by atoms with van der Waals surface area (Å²) in [6, 6.07) is 1.19. The minimum absolute atomic E-state index is 0.130. The molecule has 1 rings (SSSR count). The van der Waals surface area contributed by atoms with E-state index < -0.39 is 32.3 Å². The van der Waals surface area contributed by atoms with Crippen molar-refractivity contribution < 1.29 is 24.2 Å². The van der Waals surface area contributed by atoms with Gasteiger partial charge in [-0.2, -0.15) is 0 Å². The van der Waals surface area contributed by atoms with Crippen LogP contribution < -0.4 is 11.1 Å². The fourth-order valence-electron chi connectivity index (χ4n) is 1.95. The second-order valence-electron chi connectivity index (χ2n) is 5.04. The Morgan fingerprint density at radius 2 is 1.70 bits per heavy atom. The topological polar surface area (TPSA) is 58.4 Å². The molecule has 0 unspecified atom stereocenters. The molecule has 4 nitrogen and oxygen atoms in total. The van der Waals surface area contributed by atoms with E-state index in [9.17, 15) is 24.2 Å².